The van der Waals surface area contributed by atoms with Crippen molar-refractivity contribution in [2.45, 2.75) is 137 Å². The second-order valence-corrected chi connectivity index (χ2v) is 8.46. The summed E-state index contributed by atoms with van der Waals surface area (Å²) in [7, 11) is 0. The van der Waals surface area contributed by atoms with E-state index in [1.807, 2.05) is 0 Å². The second kappa shape index (κ2) is 21.1. The summed E-state index contributed by atoms with van der Waals surface area (Å²) in [5.74, 6) is 0.352. The molecule has 0 aliphatic heterocycles. The minimum Gasteiger partial charge on any atom is -0.275 e. The Kier molecular flexibility index (Phi) is 20.7. The van der Waals surface area contributed by atoms with Gasteiger partial charge in [0.05, 0.1) is 0 Å². The van der Waals surface area contributed by atoms with Gasteiger partial charge in [0.25, 0.3) is 0 Å². The highest BCUT2D eigenvalue weighted by atomic mass is 16.2. The van der Waals surface area contributed by atoms with Crippen LogP contribution in [0.4, 0.5) is 0 Å². The van der Waals surface area contributed by atoms with Crippen molar-refractivity contribution in [1.29, 1.82) is 0 Å². The van der Waals surface area contributed by atoms with E-state index in [0.29, 0.717) is 5.91 Å². The minimum atomic E-state index is 0.352. The summed E-state index contributed by atoms with van der Waals surface area (Å²) in [6.07, 6.45) is 21.2. The zero-order valence-corrected chi connectivity index (χ0v) is 19.9. The lowest BCUT2D eigenvalue weighted by molar-refractivity contribution is -0.150. The van der Waals surface area contributed by atoms with E-state index < -0.39 is 0 Å². The van der Waals surface area contributed by atoms with Gasteiger partial charge in [-0.05, 0) is 25.7 Å². The van der Waals surface area contributed by atoms with Gasteiger partial charge < -0.3 is 0 Å². The smallest absolute Gasteiger partial charge is 0.236 e. The van der Waals surface area contributed by atoms with E-state index in [-0.39, 0.29) is 0 Å². The Bertz CT molecular complexity index is 325. The van der Waals surface area contributed by atoms with Crippen molar-refractivity contribution in [1.82, 2.24) is 10.0 Å². The maximum absolute atomic E-state index is 12.8. The number of carbonyl (C=O) groups is 1. The van der Waals surface area contributed by atoms with Crippen molar-refractivity contribution < 1.29 is 4.79 Å². The van der Waals surface area contributed by atoms with Gasteiger partial charge in [-0.1, -0.05) is 105 Å². The molecule has 3 nitrogen and oxygen atoms in total. The highest BCUT2D eigenvalue weighted by Crippen LogP contribution is 2.14. The first kappa shape index (κ1) is 27.4. The monoisotopic (exact) mass is 396 g/mol. The number of rotatable bonds is 21. The van der Waals surface area contributed by atoms with Gasteiger partial charge in [-0.15, -0.1) is 0 Å². The fraction of sp³-hybridized carbons (Fsp3) is 0.960. The molecule has 0 aliphatic carbocycles. The zero-order chi connectivity index (χ0) is 20.9. The summed E-state index contributed by atoms with van der Waals surface area (Å²) in [6.45, 7) is 11.9. The van der Waals surface area contributed by atoms with E-state index >= 15 is 0 Å². The molecule has 0 saturated carbocycles. The molecule has 0 bridgehead atoms. The third-order valence-corrected chi connectivity index (χ3v) is 5.60. The van der Waals surface area contributed by atoms with Gasteiger partial charge >= 0.3 is 0 Å². The number of unbranched alkanes of at least 4 members (excludes halogenated alkanes) is 12. The summed E-state index contributed by atoms with van der Waals surface area (Å²) >= 11 is 0. The number of hydrogen-bond acceptors (Lipinski definition) is 2. The van der Waals surface area contributed by atoms with Crippen LogP contribution in [-0.2, 0) is 4.79 Å². The van der Waals surface area contributed by atoms with E-state index in [0.717, 1.165) is 38.9 Å². The third kappa shape index (κ3) is 15.4. The van der Waals surface area contributed by atoms with E-state index in [4.69, 9.17) is 0 Å². The quantitative estimate of drug-likeness (QED) is 0.146. The topological polar surface area (TPSA) is 23.6 Å². The Morgan fingerprint density at radius 1 is 0.500 bits per heavy atom. The molecular formula is C25H52N2O. The highest BCUT2D eigenvalue weighted by molar-refractivity contribution is 5.75. The van der Waals surface area contributed by atoms with Gasteiger partial charge in [-0.3, -0.25) is 9.80 Å². The molecule has 0 N–H and O–H groups in total. The van der Waals surface area contributed by atoms with E-state index in [1.165, 1.54) is 89.9 Å². The zero-order valence-electron chi connectivity index (χ0n) is 19.9. The molecule has 0 fully saturated rings. The van der Waals surface area contributed by atoms with Crippen LogP contribution in [0, 0.1) is 0 Å². The van der Waals surface area contributed by atoms with Crippen LogP contribution in [-0.4, -0.2) is 35.6 Å². The Morgan fingerprint density at radius 3 is 1.36 bits per heavy atom. The average Bonchev–Trinajstić information content (AvgIpc) is 2.70. The normalized spacial score (nSPS) is 11.3. The van der Waals surface area contributed by atoms with Crippen LogP contribution < -0.4 is 0 Å². The second-order valence-electron chi connectivity index (χ2n) is 8.46. The Hall–Kier alpha value is -0.570. The molecule has 0 saturated heterocycles. The molecule has 0 atom stereocenters. The summed E-state index contributed by atoms with van der Waals surface area (Å²) in [6, 6.07) is 0. The molecule has 1 amide bonds. The molecule has 0 aromatic carbocycles. The molecule has 3 heteroatoms. The first-order valence-electron chi connectivity index (χ1n) is 12.8. The van der Waals surface area contributed by atoms with E-state index in [2.05, 4.69) is 37.7 Å². The van der Waals surface area contributed by atoms with Crippen LogP contribution in [0.3, 0.4) is 0 Å². The van der Waals surface area contributed by atoms with Crippen molar-refractivity contribution >= 4 is 5.91 Å². The molecule has 0 aromatic heterocycles. The minimum absolute atomic E-state index is 0.352. The van der Waals surface area contributed by atoms with Crippen molar-refractivity contribution in [2.75, 3.05) is 19.6 Å². The van der Waals surface area contributed by atoms with Crippen LogP contribution in [0.5, 0.6) is 0 Å². The molecule has 0 radical (unpaired) electrons. The van der Waals surface area contributed by atoms with Gasteiger partial charge in [-0.25, -0.2) is 5.01 Å². The van der Waals surface area contributed by atoms with Crippen LogP contribution >= 0.6 is 0 Å². The molecule has 0 unspecified atom stereocenters. The predicted molar refractivity (Wildman–Crippen MR) is 124 cm³/mol. The van der Waals surface area contributed by atoms with Gasteiger partial charge in [0, 0.05) is 26.1 Å². The Morgan fingerprint density at radius 2 is 0.929 bits per heavy atom. The Balaban J connectivity index is 4.01. The third-order valence-electron chi connectivity index (χ3n) is 5.60. The van der Waals surface area contributed by atoms with Crippen LogP contribution in [0.15, 0.2) is 0 Å². The number of hydrogen-bond donors (Lipinski definition) is 0. The summed E-state index contributed by atoms with van der Waals surface area (Å²) in [4.78, 5) is 12.8. The van der Waals surface area contributed by atoms with E-state index in [9.17, 15) is 4.79 Å². The summed E-state index contributed by atoms with van der Waals surface area (Å²) < 4.78 is 0. The number of nitrogens with zero attached hydrogens (tertiary/aromatic N) is 2. The van der Waals surface area contributed by atoms with Crippen molar-refractivity contribution in [3.05, 3.63) is 0 Å². The lowest BCUT2D eigenvalue weighted by Gasteiger charge is -2.35. The molecule has 0 aliphatic rings. The fourth-order valence-electron chi connectivity index (χ4n) is 3.74. The van der Waals surface area contributed by atoms with Gasteiger partial charge in [-0.2, -0.15) is 0 Å². The van der Waals surface area contributed by atoms with E-state index in [1.54, 1.807) is 0 Å². The van der Waals surface area contributed by atoms with Crippen LogP contribution in [0.1, 0.15) is 137 Å². The molecule has 168 valence electrons. The maximum atomic E-state index is 12.8. The van der Waals surface area contributed by atoms with Gasteiger partial charge in [0.1, 0.15) is 0 Å². The molecule has 0 rings (SSSR count). The lowest BCUT2D eigenvalue weighted by Crippen LogP contribution is -2.47. The number of carbonyl (C=O) groups excluding carboxylic acids is 1. The Labute approximate surface area is 177 Å². The lowest BCUT2D eigenvalue weighted by atomic mass is 10.1. The first-order chi connectivity index (χ1) is 13.7. The van der Waals surface area contributed by atoms with Gasteiger partial charge in [0.15, 0.2) is 0 Å². The summed E-state index contributed by atoms with van der Waals surface area (Å²) in [5.41, 5.74) is 0. The predicted octanol–water partition coefficient (Wildman–Crippen LogP) is 7.74. The SMILES string of the molecule is CCCCCCCCCCCCCC(=O)N(CCC)N(CCCC)CCCC. The average molecular weight is 397 g/mol. The summed E-state index contributed by atoms with van der Waals surface area (Å²) in [5, 5.41) is 4.43. The molecular weight excluding hydrogens is 344 g/mol. The molecule has 0 heterocycles. The van der Waals surface area contributed by atoms with Crippen LogP contribution in [0.25, 0.3) is 0 Å². The molecule has 0 aromatic rings. The first-order valence-corrected chi connectivity index (χ1v) is 12.8. The van der Waals surface area contributed by atoms with Crippen molar-refractivity contribution in [2.24, 2.45) is 0 Å². The fourth-order valence-corrected chi connectivity index (χ4v) is 3.74. The standard InChI is InChI=1S/C25H52N2O/c1-5-9-12-13-14-15-16-17-18-19-20-21-25(28)27(22-8-4)26(23-10-6-2)24-11-7-3/h5-24H2,1-4H3. The van der Waals surface area contributed by atoms with Crippen molar-refractivity contribution in [3.63, 3.8) is 0 Å². The highest BCUT2D eigenvalue weighted by Gasteiger charge is 2.19. The number of hydrazine groups is 1. The van der Waals surface area contributed by atoms with Crippen molar-refractivity contribution in [3.8, 4) is 0 Å². The largest absolute Gasteiger partial charge is 0.275 e. The van der Waals surface area contributed by atoms with Crippen LogP contribution in [0.2, 0.25) is 0 Å². The molecule has 28 heavy (non-hydrogen) atoms. The number of amides is 1. The maximum Gasteiger partial charge on any atom is 0.236 e. The molecule has 0 spiro atoms. The van der Waals surface area contributed by atoms with Gasteiger partial charge in [0.2, 0.25) is 5.91 Å².